The number of nitrogens with two attached hydrogens (primary N) is 1. The van der Waals surface area contributed by atoms with Crippen LogP contribution in [0.1, 0.15) is 5.56 Å². The Hall–Kier alpha value is -3.88. The number of fused-ring (bicyclic) bond motifs is 1. The molecule has 2 aromatic carbocycles. The summed E-state index contributed by atoms with van der Waals surface area (Å²) in [4.78, 5) is 25.3. The number of benzene rings is 2. The number of hydrogen-bond donors (Lipinski definition) is 1. The Bertz CT molecular complexity index is 1180. The second-order valence-corrected chi connectivity index (χ2v) is 7.33. The molecule has 1 saturated heterocycles. The minimum absolute atomic E-state index is 0.121. The first-order chi connectivity index (χ1) is 15.5. The average molecular weight is 437 g/mol. The molecule has 2 heterocycles. The zero-order valence-corrected chi connectivity index (χ0v) is 17.9. The Morgan fingerprint density at radius 2 is 1.78 bits per heavy atom. The van der Waals surface area contributed by atoms with E-state index < -0.39 is 0 Å². The Morgan fingerprint density at radius 1 is 1.06 bits per heavy atom. The predicted octanol–water partition coefficient (Wildman–Crippen LogP) is 2.73. The highest BCUT2D eigenvalue weighted by Crippen LogP contribution is 2.34. The SMILES string of the molecule is COc1cc2nc(N3CCN(C(=O)/C=C/c4cccc(F)c4)CC3)nc(N)c2cc1OC. The van der Waals surface area contributed by atoms with Crippen molar-refractivity contribution in [3.8, 4) is 11.5 Å². The molecule has 1 aliphatic heterocycles. The van der Waals surface area contributed by atoms with E-state index in [0.717, 1.165) is 0 Å². The molecule has 4 rings (SSSR count). The van der Waals surface area contributed by atoms with Crippen LogP contribution in [0.5, 0.6) is 11.5 Å². The Labute approximate surface area is 185 Å². The molecule has 0 bridgehead atoms. The molecule has 1 aliphatic rings. The summed E-state index contributed by atoms with van der Waals surface area (Å²) in [6.45, 7) is 2.16. The molecule has 1 amide bonds. The van der Waals surface area contributed by atoms with Gasteiger partial charge in [0.05, 0.1) is 19.7 Å². The van der Waals surface area contributed by atoms with E-state index in [1.54, 1.807) is 49.5 Å². The van der Waals surface area contributed by atoms with E-state index in [0.29, 0.717) is 65.9 Å². The van der Waals surface area contributed by atoms with Gasteiger partial charge in [-0.05, 0) is 29.8 Å². The smallest absolute Gasteiger partial charge is 0.246 e. The van der Waals surface area contributed by atoms with Gasteiger partial charge in [-0.1, -0.05) is 12.1 Å². The van der Waals surface area contributed by atoms with Gasteiger partial charge < -0.3 is 25.0 Å². The molecule has 8 nitrogen and oxygen atoms in total. The fraction of sp³-hybridized carbons (Fsp3) is 0.261. The second kappa shape index (κ2) is 9.09. The van der Waals surface area contributed by atoms with Gasteiger partial charge >= 0.3 is 0 Å². The molecule has 1 fully saturated rings. The van der Waals surface area contributed by atoms with Crippen molar-refractivity contribution in [2.24, 2.45) is 0 Å². The molecule has 0 unspecified atom stereocenters. The largest absolute Gasteiger partial charge is 0.493 e. The Kier molecular flexibility index (Phi) is 6.07. The number of hydrogen-bond acceptors (Lipinski definition) is 7. The third kappa shape index (κ3) is 4.41. The Morgan fingerprint density at radius 3 is 2.47 bits per heavy atom. The second-order valence-electron chi connectivity index (χ2n) is 7.33. The van der Waals surface area contributed by atoms with Crippen LogP contribution in [0.25, 0.3) is 17.0 Å². The van der Waals surface area contributed by atoms with E-state index in [4.69, 9.17) is 15.2 Å². The van der Waals surface area contributed by atoms with Crippen LogP contribution in [0.15, 0.2) is 42.5 Å². The van der Waals surface area contributed by atoms with Gasteiger partial charge in [0.2, 0.25) is 11.9 Å². The van der Waals surface area contributed by atoms with E-state index in [9.17, 15) is 9.18 Å². The zero-order valence-electron chi connectivity index (χ0n) is 17.9. The van der Waals surface area contributed by atoms with Gasteiger partial charge in [0.15, 0.2) is 11.5 Å². The maximum atomic E-state index is 13.3. The van der Waals surface area contributed by atoms with Crippen LogP contribution in [0.4, 0.5) is 16.2 Å². The number of anilines is 2. The van der Waals surface area contributed by atoms with Crippen molar-refractivity contribution in [1.82, 2.24) is 14.9 Å². The minimum Gasteiger partial charge on any atom is -0.493 e. The number of nitrogen functional groups attached to an aromatic ring is 1. The zero-order chi connectivity index (χ0) is 22.7. The van der Waals surface area contributed by atoms with Gasteiger partial charge in [-0.3, -0.25) is 4.79 Å². The first-order valence-corrected chi connectivity index (χ1v) is 10.1. The van der Waals surface area contributed by atoms with Crippen LogP contribution in [-0.4, -0.2) is 61.2 Å². The molecule has 0 aliphatic carbocycles. The third-order valence-electron chi connectivity index (χ3n) is 5.36. The maximum Gasteiger partial charge on any atom is 0.246 e. The van der Waals surface area contributed by atoms with E-state index in [1.807, 2.05) is 4.90 Å². The van der Waals surface area contributed by atoms with Crippen molar-refractivity contribution in [3.63, 3.8) is 0 Å². The van der Waals surface area contributed by atoms with E-state index >= 15 is 0 Å². The summed E-state index contributed by atoms with van der Waals surface area (Å²) in [5.41, 5.74) is 7.48. The first-order valence-electron chi connectivity index (χ1n) is 10.1. The van der Waals surface area contributed by atoms with Crippen LogP contribution in [-0.2, 0) is 4.79 Å². The van der Waals surface area contributed by atoms with Crippen LogP contribution < -0.4 is 20.1 Å². The highest BCUT2D eigenvalue weighted by atomic mass is 19.1. The molecule has 0 spiro atoms. The van der Waals surface area contributed by atoms with Crippen LogP contribution in [0, 0.1) is 5.82 Å². The molecule has 0 atom stereocenters. The van der Waals surface area contributed by atoms with Gasteiger partial charge in [0.25, 0.3) is 0 Å². The topological polar surface area (TPSA) is 93.8 Å². The fourth-order valence-corrected chi connectivity index (χ4v) is 3.62. The maximum absolute atomic E-state index is 13.3. The van der Waals surface area contributed by atoms with E-state index in [-0.39, 0.29) is 11.7 Å². The molecule has 0 saturated carbocycles. The number of piperazine rings is 1. The van der Waals surface area contributed by atoms with Crippen LogP contribution in [0.2, 0.25) is 0 Å². The number of nitrogens with zero attached hydrogens (tertiary/aromatic N) is 4. The lowest BCUT2D eigenvalue weighted by atomic mass is 10.2. The van der Waals surface area contributed by atoms with Crippen molar-refractivity contribution < 1.29 is 18.7 Å². The number of methoxy groups -OCH3 is 2. The van der Waals surface area contributed by atoms with E-state index in [1.165, 1.54) is 18.2 Å². The fourth-order valence-electron chi connectivity index (χ4n) is 3.62. The summed E-state index contributed by atoms with van der Waals surface area (Å²) in [7, 11) is 3.12. The molecule has 166 valence electrons. The van der Waals surface area contributed by atoms with Crippen molar-refractivity contribution in [3.05, 3.63) is 53.9 Å². The standard InChI is InChI=1S/C23H24FN5O3/c1-31-19-13-17-18(14-20(19)32-2)26-23(27-22(17)25)29-10-8-28(9-11-29)21(30)7-6-15-4-3-5-16(24)12-15/h3-7,12-14H,8-11H2,1-2H3,(H2,25,26,27)/b7-6+. The number of carbonyl (C=O) groups excluding carboxylic acids is 1. The molecule has 9 heteroatoms. The summed E-state index contributed by atoms with van der Waals surface area (Å²) < 4.78 is 24.0. The number of aromatic nitrogens is 2. The molecule has 2 N–H and O–H groups in total. The molecule has 1 aromatic heterocycles. The van der Waals surface area contributed by atoms with Gasteiger partial charge in [-0.15, -0.1) is 0 Å². The summed E-state index contributed by atoms with van der Waals surface area (Å²) in [6, 6.07) is 9.64. The van der Waals surface area contributed by atoms with Crippen LogP contribution in [0.3, 0.4) is 0 Å². The number of ether oxygens (including phenoxy) is 2. The lowest BCUT2D eigenvalue weighted by Crippen LogP contribution is -2.48. The summed E-state index contributed by atoms with van der Waals surface area (Å²) >= 11 is 0. The summed E-state index contributed by atoms with van der Waals surface area (Å²) in [5.74, 6) is 1.52. The average Bonchev–Trinajstić information content (AvgIpc) is 2.81. The quantitative estimate of drug-likeness (QED) is 0.614. The Balaban J connectivity index is 1.46. The van der Waals surface area contributed by atoms with E-state index in [2.05, 4.69) is 9.97 Å². The van der Waals surface area contributed by atoms with Gasteiger partial charge in [0.1, 0.15) is 11.6 Å². The molecular weight excluding hydrogens is 413 g/mol. The van der Waals surface area contributed by atoms with Gasteiger partial charge in [-0.2, -0.15) is 4.98 Å². The minimum atomic E-state index is -0.334. The molecule has 3 aromatic rings. The van der Waals surface area contributed by atoms with Crippen molar-refractivity contribution in [2.75, 3.05) is 51.0 Å². The normalized spacial score (nSPS) is 14.2. The van der Waals surface area contributed by atoms with Crippen molar-refractivity contribution in [2.45, 2.75) is 0 Å². The number of halogens is 1. The van der Waals surface area contributed by atoms with Gasteiger partial charge in [-0.25, -0.2) is 9.37 Å². The third-order valence-corrected chi connectivity index (χ3v) is 5.36. The highest BCUT2D eigenvalue weighted by molar-refractivity contribution is 5.92. The molecular formula is C23H24FN5O3. The van der Waals surface area contributed by atoms with Crippen molar-refractivity contribution in [1.29, 1.82) is 0 Å². The lowest BCUT2D eigenvalue weighted by molar-refractivity contribution is -0.126. The number of amides is 1. The monoisotopic (exact) mass is 437 g/mol. The van der Waals surface area contributed by atoms with Crippen molar-refractivity contribution >= 4 is 34.7 Å². The number of carbonyl (C=O) groups is 1. The van der Waals surface area contributed by atoms with Gasteiger partial charge in [0, 0.05) is 43.7 Å². The summed E-state index contributed by atoms with van der Waals surface area (Å²) in [5, 5.41) is 0.683. The summed E-state index contributed by atoms with van der Waals surface area (Å²) in [6.07, 6.45) is 3.08. The predicted molar refractivity (Wildman–Crippen MR) is 121 cm³/mol. The molecule has 32 heavy (non-hydrogen) atoms. The van der Waals surface area contributed by atoms with Crippen LogP contribution >= 0.6 is 0 Å². The number of rotatable bonds is 5. The molecule has 0 radical (unpaired) electrons. The lowest BCUT2D eigenvalue weighted by Gasteiger charge is -2.34. The first kappa shape index (κ1) is 21.4. The highest BCUT2D eigenvalue weighted by Gasteiger charge is 2.22.